The first-order chi connectivity index (χ1) is 18.9. The molecule has 1 aliphatic rings. The van der Waals surface area contributed by atoms with E-state index in [2.05, 4.69) is 16.0 Å². The topological polar surface area (TPSA) is 152 Å². The van der Waals surface area contributed by atoms with Crippen molar-refractivity contribution in [3.05, 3.63) is 40.5 Å². The van der Waals surface area contributed by atoms with E-state index in [1.54, 1.807) is 24.3 Å². The molecule has 1 aliphatic carbocycles. The average Bonchev–Trinajstić information content (AvgIpc) is 2.91. The average molecular weight is 713 g/mol. The zero-order valence-electron chi connectivity index (χ0n) is 24.5. The molecule has 0 saturated heterocycles. The van der Waals surface area contributed by atoms with Gasteiger partial charge < -0.3 is 35.1 Å². The molecule has 12 heteroatoms. The summed E-state index contributed by atoms with van der Waals surface area (Å²) in [6.07, 6.45) is 7.51. The summed E-state index contributed by atoms with van der Waals surface area (Å²) in [5.74, 6) is -1.79. The molecule has 41 heavy (non-hydrogen) atoms. The van der Waals surface area contributed by atoms with Gasteiger partial charge in [-0.05, 0) is 37.7 Å². The van der Waals surface area contributed by atoms with E-state index in [4.69, 9.17) is 4.74 Å². The van der Waals surface area contributed by atoms with Crippen LogP contribution in [0.1, 0.15) is 76.2 Å². The van der Waals surface area contributed by atoms with Crippen molar-refractivity contribution in [3.8, 4) is 0 Å². The molecule has 0 spiro atoms. The molecule has 1 fully saturated rings. The third-order valence-electron chi connectivity index (χ3n) is 6.35. The van der Waals surface area contributed by atoms with Gasteiger partial charge in [0.2, 0.25) is 5.91 Å². The Bertz CT molecular complexity index is 974. The largest absolute Gasteiger partial charge is 1.00 e. The molecule has 214 valence electrons. The van der Waals surface area contributed by atoms with Crippen LogP contribution in [0.5, 0.6) is 0 Å². The molecule has 1 unspecified atom stereocenters. The van der Waals surface area contributed by atoms with Crippen molar-refractivity contribution in [2.24, 2.45) is 5.92 Å². The van der Waals surface area contributed by atoms with Crippen LogP contribution in [0.4, 0.5) is 5.69 Å². The van der Waals surface area contributed by atoms with E-state index in [1.807, 2.05) is 0 Å². The standard InChI is InChI=1S/C29H41N3O7.2Rb/c33-17-6-2-1-5-15-30-27(36)10-7-18-39-19-16-31-28(37)21-29(38)32-23-13-11-22(12-14-23)20-26(35)24-8-3-4-9-25(24)34;;/h11-14,17,24H,1-10,15-16,18-21H2,(H3,30,31,32,36,37,38);;/q;2*+1/p-2. The Labute approximate surface area is 340 Å². The first kappa shape index (κ1) is 41.2. The van der Waals surface area contributed by atoms with Crippen LogP contribution in [0.3, 0.4) is 0 Å². The van der Waals surface area contributed by atoms with Crippen molar-refractivity contribution in [1.82, 2.24) is 5.32 Å². The van der Waals surface area contributed by atoms with E-state index in [1.165, 1.54) is 0 Å². The molecule has 3 amide bonds. The number of nitrogens with zero attached hydrogens (tertiary/aromatic N) is 2. The summed E-state index contributed by atoms with van der Waals surface area (Å²) in [7, 11) is 0. The SMILES string of the molecule is O=CCCCCCNC(=O)CCCOCC[N-]C(=O)CC(=O)[N-]c1ccc(CC(=O)C2CCCCC2=O)cc1.[Rb+].[Rb+]. The summed E-state index contributed by atoms with van der Waals surface area (Å²) < 4.78 is 5.38. The minimum atomic E-state index is -0.615. The fourth-order valence-corrected chi connectivity index (χ4v) is 4.22. The van der Waals surface area contributed by atoms with Gasteiger partial charge in [-0.15, -0.1) is 12.2 Å². The summed E-state index contributed by atoms with van der Waals surface area (Å²) in [6.45, 7) is 1.29. The molecule has 2 rings (SSSR count). The van der Waals surface area contributed by atoms with Crippen LogP contribution in [-0.2, 0) is 39.9 Å². The van der Waals surface area contributed by atoms with E-state index in [-0.39, 0.29) is 153 Å². The van der Waals surface area contributed by atoms with E-state index < -0.39 is 24.2 Å². The van der Waals surface area contributed by atoms with Crippen LogP contribution < -0.4 is 122 Å². The molecule has 0 aromatic heterocycles. The molecule has 0 radical (unpaired) electrons. The first-order valence-corrected chi connectivity index (χ1v) is 13.8. The van der Waals surface area contributed by atoms with Gasteiger partial charge >= 0.3 is 116 Å². The van der Waals surface area contributed by atoms with Crippen LogP contribution in [0.2, 0.25) is 0 Å². The zero-order valence-corrected chi connectivity index (χ0v) is 34.4. The number of Topliss-reactive ketones (excluding diaryl/α,β-unsaturated/α-hetero) is 2. The van der Waals surface area contributed by atoms with Gasteiger partial charge in [-0.3, -0.25) is 14.4 Å². The van der Waals surface area contributed by atoms with Gasteiger partial charge in [-0.2, -0.15) is 0 Å². The normalized spacial score (nSPS) is 14.1. The number of nitrogens with one attached hydrogen (secondary N) is 1. The predicted octanol–water partition coefficient (Wildman–Crippen LogP) is -1.94. The smallest absolute Gasteiger partial charge is 0.651 e. The van der Waals surface area contributed by atoms with Crippen molar-refractivity contribution >= 4 is 41.3 Å². The maximum atomic E-state index is 12.4. The molecule has 1 aromatic rings. The van der Waals surface area contributed by atoms with E-state index in [0.29, 0.717) is 50.9 Å². The Kier molecular flexibility index (Phi) is 25.7. The number of amides is 3. The third kappa shape index (κ3) is 19.3. The van der Waals surface area contributed by atoms with Crippen molar-refractivity contribution in [3.63, 3.8) is 0 Å². The number of unbranched alkanes of at least 4 members (excludes halogenated alkanes) is 3. The number of ether oxygens (including phenoxy) is 1. The second kappa shape index (κ2) is 25.5. The van der Waals surface area contributed by atoms with Crippen LogP contribution in [-0.4, -0.2) is 61.9 Å². The number of carbonyl (C=O) groups excluding carboxylic acids is 6. The minimum absolute atomic E-state index is 0. The maximum absolute atomic E-state index is 12.4. The second-order valence-electron chi connectivity index (χ2n) is 9.61. The zero-order chi connectivity index (χ0) is 28.3. The van der Waals surface area contributed by atoms with Crippen LogP contribution in [0.25, 0.3) is 10.6 Å². The molecule has 0 bridgehead atoms. The monoisotopic (exact) mass is 711 g/mol. The molecule has 0 heterocycles. The van der Waals surface area contributed by atoms with Crippen molar-refractivity contribution in [2.45, 2.75) is 77.0 Å². The number of carbonyl (C=O) groups is 6. The van der Waals surface area contributed by atoms with E-state index >= 15 is 0 Å². The maximum Gasteiger partial charge on any atom is 1.00 e. The molecule has 1 aromatic carbocycles. The Morgan fingerprint density at radius 3 is 2.41 bits per heavy atom. The Hall–Kier alpha value is 0.210. The number of rotatable bonds is 19. The fraction of sp³-hybridized carbons (Fsp3) is 0.586. The third-order valence-corrected chi connectivity index (χ3v) is 6.35. The summed E-state index contributed by atoms with van der Waals surface area (Å²) in [5, 5.41) is 10.5. The molecular formula is C29H39N3O7Rb2. The van der Waals surface area contributed by atoms with Gasteiger partial charge in [0.05, 0.1) is 17.7 Å². The van der Waals surface area contributed by atoms with Crippen molar-refractivity contribution < 1.29 is 150 Å². The number of benzene rings is 1. The van der Waals surface area contributed by atoms with Gasteiger partial charge in [0.1, 0.15) is 17.9 Å². The Balaban J connectivity index is 0.00000800. The van der Waals surface area contributed by atoms with Gasteiger partial charge in [0.25, 0.3) is 0 Å². The number of aldehydes is 1. The van der Waals surface area contributed by atoms with E-state index in [9.17, 15) is 28.8 Å². The van der Waals surface area contributed by atoms with Crippen LogP contribution in [0, 0.1) is 5.92 Å². The number of hydrogen-bond acceptors (Lipinski definition) is 7. The summed E-state index contributed by atoms with van der Waals surface area (Å²) >= 11 is 0. The van der Waals surface area contributed by atoms with Crippen LogP contribution in [0.15, 0.2) is 24.3 Å². The molecule has 0 aliphatic heterocycles. The van der Waals surface area contributed by atoms with Gasteiger partial charge in [-0.25, -0.2) is 0 Å². The summed E-state index contributed by atoms with van der Waals surface area (Å²) in [5.41, 5.74) is 1.13. The fourth-order valence-electron chi connectivity index (χ4n) is 4.22. The molecule has 1 atom stereocenters. The van der Waals surface area contributed by atoms with Gasteiger partial charge in [0, 0.05) is 51.9 Å². The Morgan fingerprint density at radius 1 is 0.951 bits per heavy atom. The van der Waals surface area contributed by atoms with E-state index in [0.717, 1.165) is 44.0 Å². The predicted molar refractivity (Wildman–Crippen MR) is 146 cm³/mol. The summed E-state index contributed by atoms with van der Waals surface area (Å²) in [4.78, 5) is 70.4. The molecule has 10 nitrogen and oxygen atoms in total. The number of ketones is 2. The quantitative estimate of drug-likeness (QED) is 0.0997. The number of hydrogen-bond donors (Lipinski definition) is 1. The molecule has 1 N–H and O–H groups in total. The van der Waals surface area contributed by atoms with Gasteiger partial charge in [0.15, 0.2) is 0 Å². The Morgan fingerprint density at radius 2 is 1.71 bits per heavy atom. The first-order valence-electron chi connectivity index (χ1n) is 13.8. The second-order valence-corrected chi connectivity index (χ2v) is 9.61. The molecule has 1 saturated carbocycles. The van der Waals surface area contributed by atoms with Crippen LogP contribution >= 0.6 is 0 Å². The van der Waals surface area contributed by atoms with Crippen molar-refractivity contribution in [1.29, 1.82) is 0 Å². The molecular weight excluding hydrogens is 673 g/mol. The van der Waals surface area contributed by atoms with Crippen molar-refractivity contribution in [2.75, 3.05) is 26.3 Å². The summed E-state index contributed by atoms with van der Waals surface area (Å²) in [6, 6.07) is 6.61. The van der Waals surface area contributed by atoms with Gasteiger partial charge in [-0.1, -0.05) is 37.1 Å². The minimum Gasteiger partial charge on any atom is -0.651 e.